The van der Waals surface area contributed by atoms with Crippen LogP contribution in [-0.4, -0.2) is 25.6 Å². The molecule has 0 aromatic rings. The minimum atomic E-state index is 0.0501. The van der Waals surface area contributed by atoms with E-state index in [9.17, 15) is 4.79 Å². The molecular weight excluding hydrogens is 156 g/mol. The Morgan fingerprint density at radius 1 is 1.58 bits per heavy atom. The molecule has 4 nitrogen and oxygen atoms in total. The second-order valence-corrected chi connectivity index (χ2v) is 3.16. The zero-order valence-corrected chi connectivity index (χ0v) is 7.59. The molecule has 0 aromatic carbocycles. The van der Waals surface area contributed by atoms with E-state index >= 15 is 0 Å². The highest BCUT2D eigenvalue weighted by Gasteiger charge is 2.31. The molecule has 0 heterocycles. The topological polar surface area (TPSA) is 50.4 Å². The van der Waals surface area contributed by atoms with Crippen LogP contribution in [-0.2, 0) is 9.63 Å². The van der Waals surface area contributed by atoms with Gasteiger partial charge in [0.2, 0.25) is 5.91 Å². The van der Waals surface area contributed by atoms with E-state index < -0.39 is 0 Å². The third-order valence-electron chi connectivity index (χ3n) is 2.25. The van der Waals surface area contributed by atoms with Crippen molar-refractivity contribution in [1.82, 2.24) is 10.8 Å². The van der Waals surface area contributed by atoms with Crippen LogP contribution in [0.3, 0.4) is 0 Å². The molecule has 2 N–H and O–H groups in total. The van der Waals surface area contributed by atoms with Crippen molar-refractivity contribution in [2.45, 2.75) is 25.8 Å². The van der Waals surface area contributed by atoms with Gasteiger partial charge in [-0.1, -0.05) is 0 Å². The molecule has 70 valence electrons. The fraction of sp³-hybridized carbons (Fsp3) is 0.875. The minimum Gasteiger partial charge on any atom is -0.353 e. The molecule has 0 bridgehead atoms. The van der Waals surface area contributed by atoms with Gasteiger partial charge in [0.05, 0.1) is 6.61 Å². The minimum absolute atomic E-state index is 0.0501. The maximum absolute atomic E-state index is 10.7. The highest BCUT2D eigenvalue weighted by Crippen LogP contribution is 2.27. The van der Waals surface area contributed by atoms with E-state index in [-0.39, 0.29) is 5.91 Å². The van der Waals surface area contributed by atoms with Gasteiger partial charge < -0.3 is 10.2 Å². The molecule has 1 amide bonds. The lowest BCUT2D eigenvalue weighted by Crippen LogP contribution is -2.48. The third kappa shape index (κ3) is 2.46. The molecule has 0 aliphatic heterocycles. The lowest BCUT2D eigenvalue weighted by molar-refractivity contribution is -0.121. The average molecular weight is 172 g/mol. The first kappa shape index (κ1) is 9.48. The number of nitrogens with one attached hydrogen (secondary N) is 2. The lowest BCUT2D eigenvalue weighted by atomic mass is 9.80. The van der Waals surface area contributed by atoms with Gasteiger partial charge in [-0.2, -0.15) is 0 Å². The molecule has 0 spiro atoms. The Balaban J connectivity index is 2.15. The summed E-state index contributed by atoms with van der Waals surface area (Å²) >= 11 is 0. The second-order valence-electron chi connectivity index (χ2n) is 3.16. The molecule has 2 unspecified atom stereocenters. The summed E-state index contributed by atoms with van der Waals surface area (Å²) in [5, 5.41) is 2.89. The standard InChI is InChI=1S/C8H16N2O2/c1-6(11)10-8-4-3-7(8)5-12-9-2/h7-9H,3-5H2,1-2H3,(H,10,11). The molecule has 2 atom stereocenters. The summed E-state index contributed by atoms with van der Waals surface area (Å²) in [5.74, 6) is 0.538. The van der Waals surface area contributed by atoms with Crippen molar-refractivity contribution in [3.8, 4) is 0 Å². The first-order valence-electron chi connectivity index (χ1n) is 4.29. The van der Waals surface area contributed by atoms with E-state index in [1.165, 1.54) is 0 Å². The normalized spacial score (nSPS) is 27.8. The van der Waals surface area contributed by atoms with Gasteiger partial charge >= 0.3 is 0 Å². The van der Waals surface area contributed by atoms with Crippen molar-refractivity contribution >= 4 is 5.91 Å². The van der Waals surface area contributed by atoms with Crippen LogP contribution in [0.25, 0.3) is 0 Å². The zero-order valence-electron chi connectivity index (χ0n) is 7.59. The van der Waals surface area contributed by atoms with Crippen LogP contribution < -0.4 is 10.8 Å². The maximum atomic E-state index is 10.7. The number of carbonyl (C=O) groups excluding carboxylic acids is 1. The highest BCUT2D eigenvalue weighted by molar-refractivity contribution is 5.73. The largest absolute Gasteiger partial charge is 0.353 e. The van der Waals surface area contributed by atoms with Gasteiger partial charge in [-0.3, -0.25) is 4.79 Å². The van der Waals surface area contributed by atoms with Crippen LogP contribution >= 0.6 is 0 Å². The van der Waals surface area contributed by atoms with Crippen molar-refractivity contribution in [2.75, 3.05) is 13.7 Å². The maximum Gasteiger partial charge on any atom is 0.217 e. The number of amides is 1. The SMILES string of the molecule is CNOCC1CCC1NC(C)=O. The van der Waals surface area contributed by atoms with Crippen molar-refractivity contribution in [3.63, 3.8) is 0 Å². The Labute approximate surface area is 72.6 Å². The predicted octanol–water partition coefficient (Wildman–Crippen LogP) is 0.0521. The second kappa shape index (κ2) is 4.42. The molecule has 0 aromatic heterocycles. The van der Waals surface area contributed by atoms with Crippen molar-refractivity contribution in [2.24, 2.45) is 5.92 Å². The number of hydroxylamine groups is 1. The zero-order chi connectivity index (χ0) is 8.97. The fourth-order valence-corrected chi connectivity index (χ4v) is 1.41. The third-order valence-corrected chi connectivity index (χ3v) is 2.25. The fourth-order valence-electron chi connectivity index (χ4n) is 1.41. The summed E-state index contributed by atoms with van der Waals surface area (Å²) in [5.41, 5.74) is 2.63. The molecule has 4 heteroatoms. The summed E-state index contributed by atoms with van der Waals surface area (Å²) in [6.45, 7) is 2.23. The van der Waals surface area contributed by atoms with E-state index in [2.05, 4.69) is 10.8 Å². The Bertz CT molecular complexity index is 161. The summed E-state index contributed by atoms with van der Waals surface area (Å²) < 4.78 is 0. The molecule has 0 radical (unpaired) electrons. The summed E-state index contributed by atoms with van der Waals surface area (Å²) in [6.07, 6.45) is 2.23. The summed E-state index contributed by atoms with van der Waals surface area (Å²) in [4.78, 5) is 15.7. The Morgan fingerprint density at radius 3 is 2.75 bits per heavy atom. The molecule has 1 aliphatic rings. The van der Waals surface area contributed by atoms with E-state index in [1.807, 2.05) is 0 Å². The van der Waals surface area contributed by atoms with Crippen LogP contribution in [0.4, 0.5) is 0 Å². The molecule has 1 rings (SSSR count). The van der Waals surface area contributed by atoms with Gasteiger partial charge in [0, 0.05) is 25.9 Å². The van der Waals surface area contributed by atoms with Gasteiger partial charge in [-0.05, 0) is 12.8 Å². The van der Waals surface area contributed by atoms with Gasteiger partial charge in [0.15, 0.2) is 0 Å². The van der Waals surface area contributed by atoms with Crippen LogP contribution in [0.1, 0.15) is 19.8 Å². The first-order valence-corrected chi connectivity index (χ1v) is 4.29. The van der Waals surface area contributed by atoms with Crippen LogP contribution in [0.2, 0.25) is 0 Å². The molecule has 12 heavy (non-hydrogen) atoms. The van der Waals surface area contributed by atoms with Gasteiger partial charge in [0.25, 0.3) is 0 Å². The molecule has 1 saturated carbocycles. The van der Waals surface area contributed by atoms with Crippen LogP contribution in [0.5, 0.6) is 0 Å². The van der Waals surface area contributed by atoms with Crippen molar-refractivity contribution < 1.29 is 9.63 Å². The smallest absolute Gasteiger partial charge is 0.217 e. The lowest BCUT2D eigenvalue weighted by Gasteiger charge is -2.36. The first-order chi connectivity index (χ1) is 5.74. The summed E-state index contributed by atoms with van der Waals surface area (Å²) in [6, 6.07) is 0.329. The monoisotopic (exact) mass is 172 g/mol. The van der Waals surface area contributed by atoms with Gasteiger partial charge in [-0.25, -0.2) is 5.48 Å². The van der Waals surface area contributed by atoms with Crippen molar-refractivity contribution in [3.05, 3.63) is 0 Å². The van der Waals surface area contributed by atoms with Crippen molar-refractivity contribution in [1.29, 1.82) is 0 Å². The molecule has 1 aliphatic carbocycles. The molecule has 1 fully saturated rings. The number of rotatable bonds is 4. The van der Waals surface area contributed by atoms with E-state index in [0.29, 0.717) is 18.6 Å². The quantitative estimate of drug-likeness (QED) is 0.589. The van der Waals surface area contributed by atoms with Crippen LogP contribution in [0.15, 0.2) is 0 Å². The number of hydrogen-bond acceptors (Lipinski definition) is 3. The number of carbonyl (C=O) groups is 1. The Morgan fingerprint density at radius 2 is 2.33 bits per heavy atom. The Kier molecular flexibility index (Phi) is 3.49. The van der Waals surface area contributed by atoms with E-state index in [1.54, 1.807) is 14.0 Å². The average Bonchev–Trinajstić information content (AvgIpc) is 1.99. The van der Waals surface area contributed by atoms with Crippen LogP contribution in [0, 0.1) is 5.92 Å². The number of hydrogen-bond donors (Lipinski definition) is 2. The predicted molar refractivity (Wildman–Crippen MR) is 45.3 cm³/mol. The summed E-state index contributed by atoms with van der Waals surface area (Å²) in [7, 11) is 1.74. The van der Waals surface area contributed by atoms with Gasteiger partial charge in [-0.15, -0.1) is 0 Å². The molecular formula is C8H16N2O2. The molecule has 0 saturated heterocycles. The highest BCUT2D eigenvalue weighted by atomic mass is 16.6. The van der Waals surface area contributed by atoms with E-state index in [4.69, 9.17) is 4.84 Å². The van der Waals surface area contributed by atoms with E-state index in [0.717, 1.165) is 12.8 Å². The Hall–Kier alpha value is -0.610. The van der Waals surface area contributed by atoms with Gasteiger partial charge in [0.1, 0.15) is 0 Å².